The Morgan fingerprint density at radius 2 is 1.73 bits per heavy atom. The lowest BCUT2D eigenvalue weighted by Crippen LogP contribution is -2.32. The van der Waals surface area contributed by atoms with E-state index in [0.29, 0.717) is 11.4 Å². The number of nitrogens with one attached hydrogen (secondary N) is 3. The van der Waals surface area contributed by atoms with Gasteiger partial charge in [-0.15, -0.1) is 11.3 Å². The van der Waals surface area contributed by atoms with Gasteiger partial charge in [-0.05, 0) is 75.4 Å². The minimum absolute atomic E-state index is 0.106. The Labute approximate surface area is 219 Å². The van der Waals surface area contributed by atoms with Gasteiger partial charge in [-0.2, -0.15) is 0 Å². The average Bonchev–Trinajstić information content (AvgIpc) is 3.22. The number of aryl methyl sites for hydroxylation is 2. The lowest BCUT2D eigenvalue weighted by Gasteiger charge is -2.13. The van der Waals surface area contributed by atoms with E-state index in [-0.39, 0.29) is 28.3 Å². The van der Waals surface area contributed by atoms with Crippen molar-refractivity contribution in [2.24, 2.45) is 0 Å². The van der Waals surface area contributed by atoms with Gasteiger partial charge in [0.2, 0.25) is 0 Å². The van der Waals surface area contributed by atoms with Crippen molar-refractivity contribution in [2.45, 2.75) is 44.4 Å². The number of hydrogen-bond donors (Lipinski definition) is 3. The number of carbonyl (C=O) groups excluding carboxylic acids is 3. The van der Waals surface area contributed by atoms with Gasteiger partial charge in [0.05, 0.1) is 17.1 Å². The zero-order valence-electron chi connectivity index (χ0n) is 20.4. The molecule has 0 fully saturated rings. The molecule has 0 radical (unpaired) electrons. The minimum Gasteiger partial charge on any atom is -0.450 e. The molecule has 2 aromatic carbocycles. The maximum absolute atomic E-state index is 13.1. The number of hydrogen-bond acceptors (Lipinski definition) is 7. The van der Waals surface area contributed by atoms with E-state index in [1.54, 1.807) is 37.3 Å². The van der Waals surface area contributed by atoms with Crippen LogP contribution in [0.25, 0.3) is 0 Å². The SMILES string of the molecule is CCOC(=O)NC(=O)c1c(NC(=O)c2cccc(NS(=O)(=O)c3ccc(C)cc3)c2)sc2c1CCCC2. The maximum Gasteiger partial charge on any atom is 0.414 e. The summed E-state index contributed by atoms with van der Waals surface area (Å²) in [6.45, 7) is 3.62. The predicted octanol–water partition coefficient (Wildman–Crippen LogP) is 4.87. The van der Waals surface area contributed by atoms with Gasteiger partial charge in [0.25, 0.3) is 21.8 Å². The van der Waals surface area contributed by atoms with Crippen LogP contribution in [0.4, 0.5) is 15.5 Å². The lowest BCUT2D eigenvalue weighted by molar-refractivity contribution is 0.0925. The monoisotopic (exact) mass is 541 g/mol. The molecule has 37 heavy (non-hydrogen) atoms. The summed E-state index contributed by atoms with van der Waals surface area (Å²) in [5.74, 6) is -1.15. The summed E-state index contributed by atoms with van der Waals surface area (Å²) in [7, 11) is -3.84. The number of rotatable bonds is 7. The standard InChI is InChI=1S/C26H27N3O6S2/c1-3-35-26(32)28-24(31)22-20-9-4-5-10-21(20)36-25(22)27-23(30)17-7-6-8-18(15-17)29-37(33,34)19-13-11-16(2)12-14-19/h6-8,11-15,29H,3-5,9-10H2,1-2H3,(H,27,30)(H,28,31,32). The van der Waals surface area contributed by atoms with Crippen molar-refractivity contribution >= 4 is 50.0 Å². The van der Waals surface area contributed by atoms with Gasteiger partial charge < -0.3 is 10.1 Å². The van der Waals surface area contributed by atoms with Crippen LogP contribution in [0.15, 0.2) is 53.4 Å². The van der Waals surface area contributed by atoms with Crippen LogP contribution in [0.5, 0.6) is 0 Å². The number of sulfonamides is 1. The largest absolute Gasteiger partial charge is 0.450 e. The molecule has 0 aliphatic heterocycles. The molecule has 0 spiro atoms. The van der Waals surface area contributed by atoms with Crippen molar-refractivity contribution < 1.29 is 27.5 Å². The highest BCUT2D eigenvalue weighted by molar-refractivity contribution is 7.92. The van der Waals surface area contributed by atoms with Crippen molar-refractivity contribution in [1.82, 2.24) is 5.32 Å². The van der Waals surface area contributed by atoms with Crippen LogP contribution in [-0.2, 0) is 27.6 Å². The number of carbonyl (C=O) groups is 3. The average molecular weight is 542 g/mol. The number of benzene rings is 2. The zero-order valence-corrected chi connectivity index (χ0v) is 22.1. The van der Waals surface area contributed by atoms with Gasteiger partial charge in [0, 0.05) is 16.1 Å². The Kier molecular flexibility index (Phi) is 7.94. The molecule has 194 valence electrons. The predicted molar refractivity (Wildman–Crippen MR) is 142 cm³/mol. The Morgan fingerprint density at radius 3 is 2.46 bits per heavy atom. The molecule has 0 unspecified atom stereocenters. The van der Waals surface area contributed by atoms with E-state index in [2.05, 4.69) is 15.4 Å². The fourth-order valence-electron chi connectivity index (χ4n) is 4.05. The number of imide groups is 1. The number of ether oxygens (including phenoxy) is 1. The highest BCUT2D eigenvalue weighted by Gasteiger charge is 2.28. The Hall–Kier alpha value is -3.70. The minimum atomic E-state index is -3.84. The molecule has 3 amide bonds. The smallest absolute Gasteiger partial charge is 0.414 e. The molecular weight excluding hydrogens is 514 g/mol. The van der Waals surface area contributed by atoms with E-state index in [9.17, 15) is 22.8 Å². The van der Waals surface area contributed by atoms with E-state index < -0.39 is 27.9 Å². The van der Waals surface area contributed by atoms with Gasteiger partial charge in [-0.3, -0.25) is 19.6 Å². The second kappa shape index (κ2) is 11.1. The number of anilines is 2. The van der Waals surface area contributed by atoms with Crippen molar-refractivity contribution in [3.8, 4) is 0 Å². The summed E-state index contributed by atoms with van der Waals surface area (Å²) in [4.78, 5) is 39.0. The molecule has 0 saturated carbocycles. The van der Waals surface area contributed by atoms with Crippen LogP contribution in [0, 0.1) is 6.92 Å². The Bertz CT molecular complexity index is 1450. The first kappa shape index (κ1) is 26.4. The van der Waals surface area contributed by atoms with Gasteiger partial charge in [-0.1, -0.05) is 23.8 Å². The molecule has 1 heterocycles. The number of thiophene rings is 1. The molecule has 3 N–H and O–H groups in total. The van der Waals surface area contributed by atoms with Gasteiger partial charge in [0.15, 0.2) is 0 Å². The molecule has 0 atom stereocenters. The topological polar surface area (TPSA) is 131 Å². The molecule has 11 heteroatoms. The fraction of sp³-hybridized carbons (Fsp3) is 0.269. The van der Waals surface area contributed by atoms with E-state index >= 15 is 0 Å². The van der Waals surface area contributed by atoms with Crippen LogP contribution >= 0.6 is 11.3 Å². The lowest BCUT2D eigenvalue weighted by atomic mass is 9.95. The molecule has 0 saturated heterocycles. The summed E-state index contributed by atoms with van der Waals surface area (Å²) in [5, 5.41) is 5.34. The maximum atomic E-state index is 13.1. The van der Waals surface area contributed by atoms with E-state index in [1.807, 2.05) is 6.92 Å². The summed E-state index contributed by atoms with van der Waals surface area (Å²) in [6.07, 6.45) is 2.48. The summed E-state index contributed by atoms with van der Waals surface area (Å²) in [6, 6.07) is 12.5. The molecule has 1 aliphatic rings. The second-order valence-corrected chi connectivity index (χ2v) is 11.3. The number of amides is 3. The first-order chi connectivity index (χ1) is 17.7. The van der Waals surface area contributed by atoms with Gasteiger partial charge in [0.1, 0.15) is 5.00 Å². The van der Waals surface area contributed by atoms with Crippen LogP contribution in [0.3, 0.4) is 0 Å². The third-order valence-electron chi connectivity index (χ3n) is 5.82. The molecule has 4 rings (SSSR count). The number of fused-ring (bicyclic) bond motifs is 1. The van der Waals surface area contributed by atoms with Crippen LogP contribution in [0.1, 0.15) is 56.5 Å². The van der Waals surface area contributed by atoms with Crippen molar-refractivity contribution in [3.63, 3.8) is 0 Å². The molecule has 1 aliphatic carbocycles. The van der Waals surface area contributed by atoms with Crippen LogP contribution in [-0.4, -0.2) is 32.9 Å². The fourth-order valence-corrected chi connectivity index (χ4v) is 6.38. The molecule has 9 nitrogen and oxygen atoms in total. The molecular formula is C26H27N3O6S2. The summed E-state index contributed by atoms with van der Waals surface area (Å²) < 4.78 is 32.8. The van der Waals surface area contributed by atoms with Crippen molar-refractivity contribution in [2.75, 3.05) is 16.6 Å². The molecule has 3 aromatic rings. The normalized spacial score (nSPS) is 12.8. The van der Waals surface area contributed by atoms with E-state index in [0.717, 1.165) is 35.3 Å². The van der Waals surface area contributed by atoms with Gasteiger partial charge >= 0.3 is 6.09 Å². The third kappa shape index (κ3) is 6.17. The highest BCUT2D eigenvalue weighted by Crippen LogP contribution is 2.38. The van der Waals surface area contributed by atoms with E-state index in [4.69, 9.17) is 4.74 Å². The third-order valence-corrected chi connectivity index (χ3v) is 8.43. The number of alkyl carbamates (subject to hydrolysis) is 1. The molecule has 0 bridgehead atoms. The van der Waals surface area contributed by atoms with Gasteiger partial charge in [-0.25, -0.2) is 13.2 Å². The Morgan fingerprint density at radius 1 is 1.00 bits per heavy atom. The van der Waals surface area contributed by atoms with E-state index in [1.165, 1.54) is 29.5 Å². The second-order valence-electron chi connectivity index (χ2n) is 8.54. The summed E-state index contributed by atoms with van der Waals surface area (Å²) >= 11 is 1.31. The van der Waals surface area contributed by atoms with Crippen molar-refractivity contribution in [1.29, 1.82) is 0 Å². The first-order valence-electron chi connectivity index (χ1n) is 11.8. The van der Waals surface area contributed by atoms with Crippen molar-refractivity contribution in [3.05, 3.63) is 75.7 Å². The quantitative estimate of drug-likeness (QED) is 0.391. The Balaban J connectivity index is 1.56. The molecule has 1 aromatic heterocycles. The van der Waals surface area contributed by atoms with Crippen LogP contribution < -0.4 is 15.4 Å². The zero-order chi connectivity index (χ0) is 26.6. The highest BCUT2D eigenvalue weighted by atomic mass is 32.2. The first-order valence-corrected chi connectivity index (χ1v) is 14.1. The summed E-state index contributed by atoms with van der Waals surface area (Å²) in [5.41, 5.74) is 2.44. The van der Waals surface area contributed by atoms with Crippen LogP contribution in [0.2, 0.25) is 0 Å².